The van der Waals surface area contributed by atoms with Gasteiger partial charge >= 0.3 is 0 Å². The summed E-state index contributed by atoms with van der Waals surface area (Å²) in [5.74, 6) is -0.326. The van der Waals surface area contributed by atoms with Gasteiger partial charge in [0, 0.05) is 10.9 Å². The van der Waals surface area contributed by atoms with E-state index in [-0.39, 0.29) is 11.4 Å². The van der Waals surface area contributed by atoms with Gasteiger partial charge in [0.25, 0.3) is 5.69 Å². The van der Waals surface area contributed by atoms with Gasteiger partial charge in [0.15, 0.2) is 0 Å². The second-order valence-electron chi connectivity index (χ2n) is 4.19. The lowest BCUT2D eigenvalue weighted by Gasteiger charge is -2.22. The summed E-state index contributed by atoms with van der Waals surface area (Å²) in [6.45, 7) is 3.14. The lowest BCUT2D eigenvalue weighted by Crippen LogP contribution is -2.42. The van der Waals surface area contributed by atoms with E-state index in [9.17, 15) is 18.5 Å². The highest BCUT2D eigenvalue weighted by Crippen LogP contribution is 2.34. The normalized spacial score (nSPS) is 15.3. The number of hydrogen-bond acceptors (Lipinski definition) is 6. The maximum Gasteiger partial charge on any atom is 0.283 e. The van der Waals surface area contributed by atoms with Gasteiger partial charge in [0.1, 0.15) is 0 Å². The summed E-state index contributed by atoms with van der Waals surface area (Å²) in [5.41, 5.74) is 4.76. The summed E-state index contributed by atoms with van der Waals surface area (Å²) in [4.78, 5) is 11.2. The molecule has 0 amide bonds. The maximum absolute atomic E-state index is 11.5. The van der Waals surface area contributed by atoms with Crippen molar-refractivity contribution in [2.75, 3.05) is 12.8 Å². The molecule has 1 rings (SSSR count). The Morgan fingerprint density at radius 2 is 2.17 bits per heavy atom. The summed E-state index contributed by atoms with van der Waals surface area (Å²) in [7, 11) is -2.19. The molecule has 0 fully saturated rings. The third-order valence-corrected chi connectivity index (χ3v) is 5.37. The molecule has 18 heavy (non-hydrogen) atoms. The Labute approximate surface area is 109 Å². The highest BCUT2D eigenvalue weighted by molar-refractivity contribution is 7.89. The lowest BCUT2D eigenvalue weighted by atomic mass is 10.0. The van der Waals surface area contributed by atoms with Crippen LogP contribution in [0.25, 0.3) is 0 Å². The van der Waals surface area contributed by atoms with Crippen LogP contribution in [0.1, 0.15) is 16.7 Å². The predicted octanol–water partition coefficient (Wildman–Crippen LogP) is 0.688. The van der Waals surface area contributed by atoms with Gasteiger partial charge in [-0.2, -0.15) is 0 Å². The Balaban J connectivity index is 3.13. The average molecular weight is 293 g/mol. The molecule has 3 N–H and O–H groups in total. The molecule has 9 heteroatoms. The number of thiophene rings is 1. The van der Waals surface area contributed by atoms with Crippen LogP contribution in [0.5, 0.6) is 0 Å². The molecule has 1 aromatic heterocycles. The topological polar surface area (TPSA) is 115 Å². The molecule has 0 aliphatic heterocycles. The van der Waals surface area contributed by atoms with E-state index in [4.69, 9.17) is 5.73 Å². The fourth-order valence-corrected chi connectivity index (χ4v) is 3.70. The molecule has 1 heterocycles. The fourth-order valence-electron chi connectivity index (χ4n) is 1.47. The number of nitrogens with two attached hydrogens (primary N) is 1. The number of nitro groups is 1. The molecule has 0 saturated carbocycles. The minimum Gasteiger partial charge on any atom is -0.320 e. The van der Waals surface area contributed by atoms with Crippen LogP contribution in [0, 0.1) is 17.0 Å². The van der Waals surface area contributed by atoms with Crippen LogP contribution >= 0.6 is 11.3 Å². The van der Waals surface area contributed by atoms with E-state index in [1.807, 2.05) is 0 Å². The molecule has 102 valence electrons. The summed E-state index contributed by atoms with van der Waals surface area (Å²) < 4.78 is 25.2. The van der Waals surface area contributed by atoms with Gasteiger partial charge in [0.2, 0.25) is 10.0 Å². The summed E-state index contributed by atoms with van der Waals surface area (Å²) >= 11 is 1.14. The van der Waals surface area contributed by atoms with Crippen molar-refractivity contribution in [2.45, 2.75) is 19.4 Å². The van der Waals surface area contributed by atoms with E-state index in [2.05, 4.69) is 4.72 Å². The van der Waals surface area contributed by atoms with Gasteiger partial charge in [-0.25, -0.2) is 13.1 Å². The van der Waals surface area contributed by atoms with Gasteiger partial charge in [-0.05, 0) is 20.9 Å². The molecule has 0 spiro atoms. The first-order chi connectivity index (χ1) is 8.09. The van der Waals surface area contributed by atoms with Crippen molar-refractivity contribution in [1.82, 2.24) is 4.72 Å². The Morgan fingerprint density at radius 3 is 2.56 bits per heavy atom. The second kappa shape index (κ2) is 4.92. The smallest absolute Gasteiger partial charge is 0.283 e. The lowest BCUT2D eigenvalue weighted by molar-refractivity contribution is -0.385. The maximum atomic E-state index is 11.5. The molecular formula is C9H15N3O4S2. The molecule has 0 saturated heterocycles. The first-order valence-corrected chi connectivity index (χ1v) is 7.51. The standard InChI is InChI=1S/C9H15N3O4S2/c1-6-7(12(13)14)4-8(17-6)9(2,10)5-18(15,16)11-3/h4,11H,5,10H2,1-3H3/t9-/m0/s1. The average Bonchev–Trinajstić information content (AvgIpc) is 2.59. The Morgan fingerprint density at radius 1 is 1.61 bits per heavy atom. The molecule has 0 unspecified atom stereocenters. The highest BCUT2D eigenvalue weighted by Gasteiger charge is 2.32. The molecule has 0 aliphatic carbocycles. The van der Waals surface area contributed by atoms with Crippen LogP contribution < -0.4 is 10.5 Å². The molecule has 0 bridgehead atoms. The minimum absolute atomic E-state index is 0.0338. The molecule has 0 aromatic carbocycles. The van der Waals surface area contributed by atoms with E-state index in [0.717, 1.165) is 11.3 Å². The molecule has 0 radical (unpaired) electrons. The quantitative estimate of drug-likeness (QED) is 0.612. The number of aryl methyl sites for hydroxylation is 1. The minimum atomic E-state index is -3.49. The third kappa shape index (κ3) is 3.25. The van der Waals surface area contributed by atoms with Crippen molar-refractivity contribution in [1.29, 1.82) is 0 Å². The fraction of sp³-hybridized carbons (Fsp3) is 0.556. The van der Waals surface area contributed by atoms with E-state index in [0.29, 0.717) is 9.75 Å². The van der Waals surface area contributed by atoms with Gasteiger partial charge in [-0.15, -0.1) is 11.3 Å². The van der Waals surface area contributed by atoms with E-state index >= 15 is 0 Å². The zero-order valence-corrected chi connectivity index (χ0v) is 11.9. The van der Waals surface area contributed by atoms with Crippen molar-refractivity contribution >= 4 is 27.0 Å². The van der Waals surface area contributed by atoms with Gasteiger partial charge in [0.05, 0.1) is 21.1 Å². The summed E-state index contributed by atoms with van der Waals surface area (Å²) in [5, 5.41) is 10.7. The first kappa shape index (κ1) is 15.0. The SMILES string of the molecule is CNS(=O)(=O)C[C@](C)(N)c1cc([N+](=O)[O-])c(C)s1. The number of hydrogen-bond donors (Lipinski definition) is 2. The van der Waals surface area contributed by atoms with Crippen LogP contribution in [0.15, 0.2) is 6.07 Å². The Hall–Kier alpha value is -1.03. The van der Waals surface area contributed by atoms with Crippen molar-refractivity contribution in [2.24, 2.45) is 5.73 Å². The highest BCUT2D eigenvalue weighted by atomic mass is 32.2. The zero-order valence-electron chi connectivity index (χ0n) is 10.3. The van der Waals surface area contributed by atoms with E-state index < -0.39 is 20.5 Å². The summed E-state index contributed by atoms with van der Waals surface area (Å²) in [6, 6.07) is 1.34. The number of nitrogens with zero attached hydrogens (tertiary/aromatic N) is 1. The number of nitrogens with one attached hydrogen (secondary N) is 1. The monoisotopic (exact) mass is 293 g/mol. The van der Waals surface area contributed by atoms with Gasteiger partial charge < -0.3 is 5.73 Å². The molecule has 0 aliphatic rings. The van der Waals surface area contributed by atoms with Gasteiger partial charge in [-0.1, -0.05) is 0 Å². The summed E-state index contributed by atoms with van der Waals surface area (Å²) in [6.07, 6.45) is 0. The molecular weight excluding hydrogens is 278 g/mol. The van der Waals surface area contributed by atoms with Crippen molar-refractivity contribution in [3.63, 3.8) is 0 Å². The number of sulfonamides is 1. The van der Waals surface area contributed by atoms with Crippen molar-refractivity contribution in [3.8, 4) is 0 Å². The number of rotatable bonds is 5. The van der Waals surface area contributed by atoms with Crippen LogP contribution in [0.3, 0.4) is 0 Å². The molecule has 1 aromatic rings. The van der Waals surface area contributed by atoms with Crippen molar-refractivity contribution in [3.05, 3.63) is 25.9 Å². The van der Waals surface area contributed by atoms with Crippen LogP contribution in [0.4, 0.5) is 5.69 Å². The molecule has 7 nitrogen and oxygen atoms in total. The van der Waals surface area contributed by atoms with E-state index in [1.54, 1.807) is 6.92 Å². The first-order valence-electron chi connectivity index (χ1n) is 5.04. The van der Waals surface area contributed by atoms with Crippen LogP contribution in [0.2, 0.25) is 0 Å². The van der Waals surface area contributed by atoms with E-state index in [1.165, 1.54) is 20.0 Å². The third-order valence-electron chi connectivity index (χ3n) is 2.45. The van der Waals surface area contributed by atoms with Crippen molar-refractivity contribution < 1.29 is 13.3 Å². The molecule has 1 atom stereocenters. The van der Waals surface area contributed by atoms with Crippen LogP contribution in [-0.2, 0) is 15.6 Å². The Bertz CT molecular complexity index is 562. The van der Waals surface area contributed by atoms with Crippen LogP contribution in [-0.4, -0.2) is 26.1 Å². The largest absolute Gasteiger partial charge is 0.320 e. The van der Waals surface area contributed by atoms with Gasteiger partial charge in [-0.3, -0.25) is 10.1 Å². The second-order valence-corrected chi connectivity index (χ2v) is 7.37. The Kier molecular flexibility index (Phi) is 4.11. The zero-order chi connectivity index (χ0) is 14.1. The predicted molar refractivity (Wildman–Crippen MR) is 70.1 cm³/mol.